The molecule has 0 radical (unpaired) electrons. The van der Waals surface area contributed by atoms with E-state index >= 15 is 0 Å². The fraction of sp³-hybridized carbons (Fsp3) is 0.393. The number of aromatic nitrogens is 2. The molecule has 0 spiro atoms. The Balaban J connectivity index is 1.24. The summed E-state index contributed by atoms with van der Waals surface area (Å²) in [5.74, 6) is 1.68. The second-order valence-electron chi connectivity index (χ2n) is 10.3. The van der Waals surface area contributed by atoms with Gasteiger partial charge in [-0.1, -0.05) is 17.7 Å². The Kier molecular flexibility index (Phi) is 7.32. The lowest BCUT2D eigenvalue weighted by Gasteiger charge is -2.39. The van der Waals surface area contributed by atoms with Gasteiger partial charge in [-0.25, -0.2) is 13.4 Å². The zero-order valence-electron chi connectivity index (χ0n) is 21.6. The molecule has 2 aliphatic rings. The predicted molar refractivity (Wildman–Crippen MR) is 146 cm³/mol. The summed E-state index contributed by atoms with van der Waals surface area (Å²) < 4.78 is 29.8. The number of ether oxygens (including phenoxy) is 1. The molecule has 10 heteroatoms. The minimum Gasteiger partial charge on any atom is -0.438 e. The van der Waals surface area contributed by atoms with Crippen molar-refractivity contribution >= 4 is 27.4 Å². The van der Waals surface area contributed by atoms with Crippen molar-refractivity contribution in [2.45, 2.75) is 69.1 Å². The molecule has 1 unspecified atom stereocenters. The van der Waals surface area contributed by atoms with Crippen LogP contribution in [-0.4, -0.2) is 47.7 Å². The number of hydrogen-bond acceptors (Lipinski definition) is 8. The molecule has 2 bridgehead atoms. The van der Waals surface area contributed by atoms with E-state index in [1.54, 1.807) is 36.5 Å². The molecular formula is C28H30ClN5O3S. The van der Waals surface area contributed by atoms with E-state index in [4.69, 9.17) is 16.3 Å². The third-order valence-electron chi connectivity index (χ3n) is 7.45. The van der Waals surface area contributed by atoms with E-state index in [1.165, 1.54) is 6.26 Å². The topological polar surface area (TPSA) is 108 Å². The maximum absolute atomic E-state index is 11.8. The van der Waals surface area contributed by atoms with Crippen molar-refractivity contribution < 1.29 is 13.2 Å². The summed E-state index contributed by atoms with van der Waals surface area (Å²) in [5, 5.41) is 13.2. The molecule has 1 N–H and O–H groups in total. The Hall–Kier alpha value is -3.19. The van der Waals surface area contributed by atoms with Crippen LogP contribution in [-0.2, 0) is 16.4 Å². The van der Waals surface area contributed by atoms with Crippen LogP contribution in [0.15, 0.2) is 47.5 Å². The molecule has 0 aliphatic carbocycles. The lowest BCUT2D eigenvalue weighted by molar-refractivity contribution is 0.124. The Labute approximate surface area is 228 Å². The molecule has 198 valence electrons. The normalized spacial score (nSPS) is 21.2. The van der Waals surface area contributed by atoms with Crippen molar-refractivity contribution in [2.75, 3.05) is 11.6 Å². The molecule has 2 saturated heterocycles. The van der Waals surface area contributed by atoms with Crippen molar-refractivity contribution in [1.82, 2.24) is 14.9 Å². The number of hydrogen-bond donors (Lipinski definition) is 1. The zero-order chi connectivity index (χ0) is 27.0. The summed E-state index contributed by atoms with van der Waals surface area (Å²) in [5.41, 5.74) is 3.31. The molecule has 3 heterocycles. The Morgan fingerprint density at radius 1 is 1.13 bits per heavy atom. The number of rotatable bonds is 7. The Bertz CT molecular complexity index is 1480. The fourth-order valence-corrected chi connectivity index (χ4v) is 6.62. The third-order valence-corrected chi connectivity index (χ3v) is 8.91. The quantitative estimate of drug-likeness (QED) is 0.414. The molecule has 8 nitrogen and oxygen atoms in total. The lowest BCUT2D eigenvalue weighted by atomic mass is 9.96. The molecule has 2 fully saturated rings. The van der Waals surface area contributed by atoms with E-state index in [2.05, 4.69) is 26.3 Å². The molecule has 5 rings (SSSR count). The highest BCUT2D eigenvalue weighted by molar-refractivity contribution is 7.90. The van der Waals surface area contributed by atoms with E-state index < -0.39 is 9.84 Å². The highest BCUT2D eigenvalue weighted by Crippen LogP contribution is 2.39. The zero-order valence-corrected chi connectivity index (χ0v) is 23.2. The van der Waals surface area contributed by atoms with Gasteiger partial charge in [0.15, 0.2) is 9.84 Å². The van der Waals surface area contributed by atoms with Crippen LogP contribution >= 0.6 is 11.6 Å². The van der Waals surface area contributed by atoms with Crippen LogP contribution < -0.4 is 10.1 Å². The van der Waals surface area contributed by atoms with Gasteiger partial charge in [0.2, 0.25) is 11.8 Å². The van der Waals surface area contributed by atoms with Gasteiger partial charge in [0.1, 0.15) is 5.75 Å². The number of anilines is 1. The summed E-state index contributed by atoms with van der Waals surface area (Å²) in [4.78, 5) is 11.8. The van der Waals surface area contributed by atoms with Gasteiger partial charge in [-0.05, 0) is 80.5 Å². The van der Waals surface area contributed by atoms with E-state index in [0.717, 1.165) is 42.4 Å². The second-order valence-corrected chi connectivity index (χ2v) is 12.7. The number of aryl methyl sites for hydroxylation is 2. The van der Waals surface area contributed by atoms with Crippen LogP contribution in [0.4, 0.5) is 5.95 Å². The maximum atomic E-state index is 11.8. The molecule has 3 aromatic rings. The van der Waals surface area contributed by atoms with Crippen LogP contribution in [0.25, 0.3) is 0 Å². The first-order chi connectivity index (χ1) is 18.1. The van der Waals surface area contributed by atoms with Crippen molar-refractivity contribution in [2.24, 2.45) is 0 Å². The number of nitrogens with one attached hydrogen (secondary N) is 1. The average Bonchev–Trinajstić information content (AvgIpc) is 3.09. The molecule has 2 aromatic carbocycles. The summed E-state index contributed by atoms with van der Waals surface area (Å²) >= 11 is 6.47. The molecule has 1 aromatic heterocycles. The van der Waals surface area contributed by atoms with Gasteiger partial charge in [-0.15, -0.1) is 0 Å². The summed E-state index contributed by atoms with van der Waals surface area (Å²) in [6.07, 6.45) is 7.02. The van der Waals surface area contributed by atoms with E-state index in [0.29, 0.717) is 46.8 Å². The number of benzene rings is 2. The van der Waals surface area contributed by atoms with Gasteiger partial charge in [0.05, 0.1) is 16.5 Å². The maximum Gasteiger partial charge on any atom is 0.226 e. The number of halogens is 1. The van der Waals surface area contributed by atoms with Crippen LogP contribution in [0.3, 0.4) is 0 Å². The molecule has 3 atom stereocenters. The van der Waals surface area contributed by atoms with Crippen molar-refractivity contribution in [3.05, 3.63) is 69.9 Å². The van der Waals surface area contributed by atoms with Crippen LogP contribution in [0, 0.1) is 25.2 Å². The van der Waals surface area contributed by atoms with E-state index in [-0.39, 0.29) is 10.9 Å². The minimum atomic E-state index is -3.29. The van der Waals surface area contributed by atoms with E-state index in [9.17, 15) is 13.7 Å². The van der Waals surface area contributed by atoms with Gasteiger partial charge in [0.25, 0.3) is 0 Å². The fourth-order valence-electron chi connectivity index (χ4n) is 5.67. The number of piperidine rings is 1. The Morgan fingerprint density at radius 2 is 1.82 bits per heavy atom. The monoisotopic (exact) mass is 551 g/mol. The van der Waals surface area contributed by atoms with Gasteiger partial charge in [-0.3, -0.25) is 4.90 Å². The first kappa shape index (κ1) is 26.4. The first-order valence-corrected chi connectivity index (χ1v) is 14.9. The largest absolute Gasteiger partial charge is 0.438 e. The van der Waals surface area contributed by atoms with Gasteiger partial charge in [-0.2, -0.15) is 10.2 Å². The molecule has 0 saturated carbocycles. The lowest BCUT2D eigenvalue weighted by Crippen LogP contribution is -2.46. The molecule has 38 heavy (non-hydrogen) atoms. The van der Waals surface area contributed by atoms with Gasteiger partial charge < -0.3 is 10.1 Å². The predicted octanol–water partition coefficient (Wildman–Crippen LogP) is 5.42. The third kappa shape index (κ3) is 5.63. The SMILES string of the molecule is Cc1cc(C#N)cc(C)c1Oc1ccnc(NC2C[C@H]3CC[C@@H](C2)N3Cc2ccc(S(C)(=O)=O)cc2Cl)n1. The summed E-state index contributed by atoms with van der Waals surface area (Å²) in [6, 6.07) is 13.6. The van der Waals surface area contributed by atoms with E-state index in [1.807, 2.05) is 19.9 Å². The Morgan fingerprint density at radius 3 is 2.42 bits per heavy atom. The van der Waals surface area contributed by atoms with Crippen molar-refractivity contribution in [3.63, 3.8) is 0 Å². The van der Waals surface area contributed by atoms with Crippen molar-refractivity contribution in [1.29, 1.82) is 5.26 Å². The highest BCUT2D eigenvalue weighted by atomic mass is 35.5. The summed E-state index contributed by atoms with van der Waals surface area (Å²) in [6.45, 7) is 4.54. The second kappa shape index (κ2) is 10.5. The van der Waals surface area contributed by atoms with Crippen molar-refractivity contribution in [3.8, 4) is 17.7 Å². The standard InChI is InChI=1S/C28H30ClN5O3S/c1-17-10-19(15-30)11-18(2)27(17)37-26-8-9-31-28(33-26)32-21-12-22-5-6-23(13-21)34(22)16-20-4-7-24(14-25(20)29)38(3,35)36/h4,7-11,14,21-23H,5-6,12-13,16H2,1-3H3,(H,31,32,33)/t21?,22-,23+. The minimum absolute atomic E-state index is 0.237. The summed E-state index contributed by atoms with van der Waals surface area (Å²) in [7, 11) is -3.29. The number of nitriles is 1. The van der Waals surface area contributed by atoms with Crippen LogP contribution in [0.1, 0.15) is 47.9 Å². The van der Waals surface area contributed by atoms with Crippen LogP contribution in [0.5, 0.6) is 11.6 Å². The molecule has 2 aliphatic heterocycles. The smallest absolute Gasteiger partial charge is 0.226 e. The first-order valence-electron chi connectivity index (χ1n) is 12.6. The van der Waals surface area contributed by atoms with Gasteiger partial charge in [0, 0.05) is 48.2 Å². The number of nitrogens with zero attached hydrogens (tertiary/aromatic N) is 4. The molecular weight excluding hydrogens is 522 g/mol. The number of fused-ring (bicyclic) bond motifs is 2. The number of sulfone groups is 1. The van der Waals surface area contributed by atoms with Gasteiger partial charge >= 0.3 is 0 Å². The highest BCUT2D eigenvalue weighted by Gasteiger charge is 2.41. The average molecular weight is 552 g/mol. The molecule has 0 amide bonds. The van der Waals surface area contributed by atoms with Crippen LogP contribution in [0.2, 0.25) is 5.02 Å².